The van der Waals surface area contributed by atoms with Gasteiger partial charge in [0.2, 0.25) is 0 Å². The molecule has 0 saturated heterocycles. The van der Waals surface area contributed by atoms with Gasteiger partial charge in [0.1, 0.15) is 6.04 Å². The molecule has 0 rings (SSSR count). The lowest BCUT2D eigenvalue weighted by Gasteiger charge is -1.97. The molecule has 3 nitrogen and oxygen atoms in total. The van der Waals surface area contributed by atoms with Gasteiger partial charge in [-0.3, -0.25) is 4.79 Å². The van der Waals surface area contributed by atoms with Gasteiger partial charge in [0.15, 0.2) is 0 Å². The van der Waals surface area contributed by atoms with Gasteiger partial charge < -0.3 is 10.8 Å². The lowest BCUT2D eigenvalue weighted by molar-refractivity contribution is -0.138. The minimum atomic E-state index is -0.928. The summed E-state index contributed by atoms with van der Waals surface area (Å²) in [4.78, 5) is 9.81. The van der Waals surface area contributed by atoms with Crippen molar-refractivity contribution in [2.24, 2.45) is 5.73 Å². The van der Waals surface area contributed by atoms with Crippen molar-refractivity contribution < 1.29 is 9.90 Å². The van der Waals surface area contributed by atoms with E-state index in [1.165, 1.54) is 31.8 Å². The van der Waals surface area contributed by atoms with Gasteiger partial charge in [-0.15, -0.1) is 9.24 Å². The Morgan fingerprint density at radius 3 is 2.14 bits per heavy atom. The highest BCUT2D eigenvalue weighted by Gasteiger charge is 2.05. The largest absolute Gasteiger partial charge is 0.480 e. The molecule has 0 amide bonds. The molecular formula is C10H24NO2P. The summed E-state index contributed by atoms with van der Waals surface area (Å²) in [5.41, 5.74) is 5.02. The predicted molar refractivity (Wildman–Crippen MR) is 64.6 cm³/mol. The first-order valence-electron chi connectivity index (χ1n) is 5.28. The SMILES string of the molecule is CCC(N)C(=O)O.CCCCCCP. The molecule has 0 bridgehead atoms. The van der Waals surface area contributed by atoms with Crippen LogP contribution in [-0.4, -0.2) is 23.3 Å². The van der Waals surface area contributed by atoms with E-state index < -0.39 is 12.0 Å². The average Bonchev–Trinajstić information content (AvgIpc) is 2.18. The molecule has 2 unspecified atom stereocenters. The maximum atomic E-state index is 9.81. The van der Waals surface area contributed by atoms with Crippen LogP contribution in [-0.2, 0) is 4.79 Å². The van der Waals surface area contributed by atoms with E-state index in [1.54, 1.807) is 6.92 Å². The fraction of sp³-hybridized carbons (Fsp3) is 0.900. The van der Waals surface area contributed by atoms with E-state index in [4.69, 9.17) is 10.8 Å². The first kappa shape index (κ1) is 16.3. The Kier molecular flexibility index (Phi) is 15.0. The summed E-state index contributed by atoms with van der Waals surface area (Å²) >= 11 is 0. The number of carbonyl (C=O) groups is 1. The molecule has 0 fully saturated rings. The van der Waals surface area contributed by atoms with Gasteiger partial charge in [-0.05, 0) is 19.0 Å². The molecule has 0 aliphatic carbocycles. The molecule has 14 heavy (non-hydrogen) atoms. The smallest absolute Gasteiger partial charge is 0.320 e. The highest BCUT2D eigenvalue weighted by atomic mass is 31.0. The van der Waals surface area contributed by atoms with Crippen LogP contribution in [0.25, 0.3) is 0 Å². The molecule has 0 aromatic carbocycles. The number of aliphatic carboxylic acids is 1. The monoisotopic (exact) mass is 221 g/mol. The minimum absolute atomic E-state index is 0.495. The molecule has 0 radical (unpaired) electrons. The lowest BCUT2D eigenvalue weighted by atomic mass is 10.2. The van der Waals surface area contributed by atoms with Crippen LogP contribution >= 0.6 is 9.24 Å². The molecule has 0 aliphatic heterocycles. The first-order valence-corrected chi connectivity index (χ1v) is 6.10. The van der Waals surface area contributed by atoms with Gasteiger partial charge in [-0.1, -0.05) is 33.1 Å². The van der Waals surface area contributed by atoms with E-state index in [0.29, 0.717) is 6.42 Å². The second kappa shape index (κ2) is 12.9. The van der Waals surface area contributed by atoms with Gasteiger partial charge in [-0.25, -0.2) is 0 Å². The van der Waals surface area contributed by atoms with Crippen LogP contribution < -0.4 is 5.73 Å². The van der Waals surface area contributed by atoms with Crippen LogP contribution in [0.4, 0.5) is 0 Å². The van der Waals surface area contributed by atoms with Gasteiger partial charge >= 0.3 is 5.97 Å². The highest BCUT2D eigenvalue weighted by Crippen LogP contribution is 2.00. The maximum Gasteiger partial charge on any atom is 0.320 e. The molecule has 0 aromatic heterocycles. The molecule has 0 spiro atoms. The third kappa shape index (κ3) is 14.4. The quantitative estimate of drug-likeness (QED) is 0.534. The zero-order valence-corrected chi connectivity index (χ0v) is 10.5. The molecule has 0 aliphatic rings. The van der Waals surface area contributed by atoms with Crippen molar-refractivity contribution in [1.82, 2.24) is 0 Å². The van der Waals surface area contributed by atoms with Crippen LogP contribution in [0, 0.1) is 0 Å². The second-order valence-electron chi connectivity index (χ2n) is 3.20. The number of carboxylic acid groups (broad SMARTS) is 1. The molecule has 86 valence electrons. The van der Waals surface area contributed by atoms with E-state index >= 15 is 0 Å². The Balaban J connectivity index is 0. The minimum Gasteiger partial charge on any atom is -0.480 e. The van der Waals surface area contributed by atoms with Crippen molar-refractivity contribution >= 4 is 15.2 Å². The fourth-order valence-corrected chi connectivity index (χ4v) is 1.03. The van der Waals surface area contributed by atoms with Crippen molar-refractivity contribution in [3.8, 4) is 0 Å². The number of hydrogen-bond donors (Lipinski definition) is 2. The molecule has 3 N–H and O–H groups in total. The Morgan fingerprint density at radius 2 is 1.93 bits per heavy atom. The van der Waals surface area contributed by atoms with Crippen molar-refractivity contribution in [1.29, 1.82) is 0 Å². The van der Waals surface area contributed by atoms with Crippen molar-refractivity contribution in [3.63, 3.8) is 0 Å². The summed E-state index contributed by atoms with van der Waals surface area (Å²) in [6.45, 7) is 3.97. The molecule has 0 aromatic rings. The van der Waals surface area contributed by atoms with Crippen LogP contribution in [0.3, 0.4) is 0 Å². The van der Waals surface area contributed by atoms with E-state index in [1.807, 2.05) is 0 Å². The number of nitrogens with two attached hydrogens (primary N) is 1. The predicted octanol–water partition coefficient (Wildman–Crippen LogP) is 2.25. The summed E-state index contributed by atoms with van der Waals surface area (Å²) < 4.78 is 0. The third-order valence-corrected chi connectivity index (χ3v) is 2.22. The Hall–Kier alpha value is -0.140. The van der Waals surface area contributed by atoms with Crippen molar-refractivity contribution in [3.05, 3.63) is 0 Å². The molecule has 0 heterocycles. The van der Waals surface area contributed by atoms with Crippen molar-refractivity contribution in [2.45, 2.75) is 52.0 Å². The Morgan fingerprint density at radius 1 is 1.36 bits per heavy atom. The highest BCUT2D eigenvalue weighted by molar-refractivity contribution is 7.16. The number of rotatable bonds is 6. The summed E-state index contributed by atoms with van der Waals surface area (Å²) in [5, 5.41) is 8.06. The van der Waals surface area contributed by atoms with Gasteiger partial charge in [-0.2, -0.15) is 0 Å². The molecular weight excluding hydrogens is 197 g/mol. The molecule has 4 heteroatoms. The Bertz CT molecular complexity index is 127. The molecule has 2 atom stereocenters. The number of hydrogen-bond acceptors (Lipinski definition) is 2. The Labute approximate surface area is 89.7 Å². The van der Waals surface area contributed by atoms with Gasteiger partial charge in [0.05, 0.1) is 0 Å². The first-order chi connectivity index (χ1) is 6.59. The second-order valence-corrected chi connectivity index (χ2v) is 3.78. The van der Waals surface area contributed by atoms with Gasteiger partial charge in [0, 0.05) is 0 Å². The van der Waals surface area contributed by atoms with Crippen LogP contribution in [0.2, 0.25) is 0 Å². The van der Waals surface area contributed by atoms with Crippen LogP contribution in [0.5, 0.6) is 0 Å². The zero-order valence-electron chi connectivity index (χ0n) is 9.33. The fourth-order valence-electron chi connectivity index (χ4n) is 0.746. The summed E-state index contributed by atoms with van der Waals surface area (Å²) in [6, 6.07) is -0.681. The topological polar surface area (TPSA) is 63.3 Å². The van der Waals surface area contributed by atoms with E-state index in [-0.39, 0.29) is 0 Å². The number of carboxylic acids is 1. The summed E-state index contributed by atoms with van der Waals surface area (Å²) in [6.07, 6.45) is 7.34. The van der Waals surface area contributed by atoms with Crippen molar-refractivity contribution in [2.75, 3.05) is 6.16 Å². The van der Waals surface area contributed by atoms with E-state index in [0.717, 1.165) is 0 Å². The number of unbranched alkanes of at least 4 members (excludes halogenated alkanes) is 3. The third-order valence-electron chi connectivity index (χ3n) is 1.81. The lowest BCUT2D eigenvalue weighted by Crippen LogP contribution is -2.28. The van der Waals surface area contributed by atoms with Gasteiger partial charge in [0.25, 0.3) is 0 Å². The summed E-state index contributed by atoms with van der Waals surface area (Å²) in [7, 11) is 2.75. The maximum absolute atomic E-state index is 9.81. The van der Waals surface area contributed by atoms with E-state index in [9.17, 15) is 4.79 Å². The standard InChI is InChI=1S/C6H15P.C4H9NO2/c1-2-3-4-5-6-7;1-2-3(5)4(6)7/h2-7H2,1H3;3H,2,5H2,1H3,(H,6,7). The normalized spacial score (nSPS) is 11.4. The van der Waals surface area contributed by atoms with Crippen LogP contribution in [0.1, 0.15) is 46.0 Å². The zero-order chi connectivity index (χ0) is 11.4. The average molecular weight is 221 g/mol. The summed E-state index contributed by atoms with van der Waals surface area (Å²) in [5.74, 6) is -0.928. The van der Waals surface area contributed by atoms with E-state index in [2.05, 4.69) is 16.2 Å². The van der Waals surface area contributed by atoms with Crippen LogP contribution in [0.15, 0.2) is 0 Å². The molecule has 0 saturated carbocycles.